The van der Waals surface area contributed by atoms with Crippen LogP contribution < -0.4 is 0 Å². The number of esters is 1. The summed E-state index contributed by atoms with van der Waals surface area (Å²) >= 11 is 0. The third-order valence-electron chi connectivity index (χ3n) is 19.2. The van der Waals surface area contributed by atoms with Crippen LogP contribution in [0.4, 0.5) is 0 Å². The lowest BCUT2D eigenvalue weighted by Crippen LogP contribution is -2.68. The minimum atomic E-state index is -1.95. The second-order valence-electron chi connectivity index (χ2n) is 23.5. The van der Waals surface area contributed by atoms with Gasteiger partial charge in [0.05, 0.1) is 36.9 Å². The van der Waals surface area contributed by atoms with Crippen LogP contribution in [0.15, 0.2) is 11.6 Å². The molecule has 4 saturated carbocycles. The molecule has 3 aliphatic heterocycles. The van der Waals surface area contributed by atoms with Crippen molar-refractivity contribution in [2.45, 2.75) is 211 Å². The predicted molar refractivity (Wildman–Crippen MR) is 231 cm³/mol. The van der Waals surface area contributed by atoms with Crippen LogP contribution in [0.1, 0.15) is 107 Å². The summed E-state index contributed by atoms with van der Waals surface area (Å²) < 4.78 is 34.4. The molecule has 8 rings (SSSR count). The molecule has 7 fully saturated rings. The largest absolute Gasteiger partial charge is 0.432 e. The zero-order chi connectivity index (χ0) is 49.3. The highest BCUT2D eigenvalue weighted by Gasteiger charge is 2.72. The fourth-order valence-electron chi connectivity index (χ4n) is 14.7. The first-order chi connectivity index (χ1) is 31.1. The molecule has 3 heterocycles. The molecule has 67 heavy (non-hydrogen) atoms. The number of fused-ring (bicyclic) bond motifs is 7. The van der Waals surface area contributed by atoms with Crippen molar-refractivity contribution in [3.63, 3.8) is 0 Å². The van der Waals surface area contributed by atoms with E-state index in [0.717, 1.165) is 24.8 Å². The topological polar surface area (TPSA) is 312 Å². The third-order valence-corrected chi connectivity index (χ3v) is 19.2. The van der Waals surface area contributed by atoms with Gasteiger partial charge in [0.15, 0.2) is 12.6 Å². The SMILES string of the molecule is C[C@@H]1O[C@H](O[C@@H]2[C@@H](O)[C@H](O)[C@@H](OC[C@@H]3O[C@H](OC(=O)[C@@]45CC[C@@]6(C)C(=C[C@H](O)[C@H]7[C@]8(C)CC[C@@H](O)C(C)(C)[C@@H]8CC[C@@]76C)[C@H]4CC(C)(C)C(=O)C5)[C@@H](O)[C@H](O)[C@H]3O)O[C@H]2CO)[C@@H](O)[C@H](O)[C@H]1O. The number of carbonyl (C=O) groups is 2. The number of hydrogen-bond acceptors (Lipinski definition) is 19. The minimum absolute atomic E-state index is 0.137. The van der Waals surface area contributed by atoms with E-state index in [2.05, 4.69) is 34.6 Å². The summed E-state index contributed by atoms with van der Waals surface area (Å²) in [5.41, 5.74) is -2.88. The van der Waals surface area contributed by atoms with Crippen LogP contribution in [0.25, 0.3) is 0 Å². The molecule has 0 unspecified atom stereocenters. The fraction of sp³-hybridized carbons (Fsp3) is 0.917. The summed E-state index contributed by atoms with van der Waals surface area (Å²) in [7, 11) is 0. The van der Waals surface area contributed by atoms with Crippen molar-refractivity contribution in [1.29, 1.82) is 0 Å². The van der Waals surface area contributed by atoms with Gasteiger partial charge in [0.25, 0.3) is 0 Å². The highest BCUT2D eigenvalue weighted by molar-refractivity contribution is 5.92. The molecular weight excluding hydrogens is 881 g/mol. The molecule has 0 aromatic carbocycles. The average molecular weight is 957 g/mol. The van der Waals surface area contributed by atoms with Crippen molar-refractivity contribution >= 4 is 11.8 Å². The van der Waals surface area contributed by atoms with Crippen LogP contribution in [0.2, 0.25) is 0 Å². The lowest BCUT2D eigenvalue weighted by molar-refractivity contribution is -0.361. The lowest BCUT2D eigenvalue weighted by Gasteiger charge is -2.71. The minimum Gasteiger partial charge on any atom is -0.432 e. The highest BCUT2D eigenvalue weighted by atomic mass is 16.8. The van der Waals surface area contributed by atoms with E-state index in [1.54, 1.807) is 0 Å². The van der Waals surface area contributed by atoms with Gasteiger partial charge in [-0.15, -0.1) is 0 Å². The number of carbonyl (C=O) groups excluding carboxylic acids is 2. The second-order valence-corrected chi connectivity index (χ2v) is 23.5. The Hall–Kier alpha value is -1.76. The van der Waals surface area contributed by atoms with Gasteiger partial charge in [0.1, 0.15) is 72.9 Å². The van der Waals surface area contributed by atoms with Crippen molar-refractivity contribution in [3.8, 4) is 0 Å². The molecular formula is C48H76O19. The van der Waals surface area contributed by atoms with Gasteiger partial charge in [-0.3, -0.25) is 9.59 Å². The van der Waals surface area contributed by atoms with Crippen molar-refractivity contribution in [2.24, 2.45) is 50.2 Å². The number of rotatable bonds is 8. The van der Waals surface area contributed by atoms with Crippen LogP contribution in [0.5, 0.6) is 0 Å². The van der Waals surface area contributed by atoms with Gasteiger partial charge in [-0.05, 0) is 85.4 Å². The van der Waals surface area contributed by atoms with Crippen LogP contribution in [0.3, 0.4) is 0 Å². The average Bonchev–Trinajstić information content (AvgIpc) is 3.26. The summed E-state index contributed by atoms with van der Waals surface area (Å²) in [6.07, 6.45) is -20.5. The molecule has 0 aromatic heterocycles. The van der Waals surface area contributed by atoms with Gasteiger partial charge < -0.3 is 84.6 Å². The van der Waals surface area contributed by atoms with Crippen LogP contribution in [-0.4, -0.2) is 185 Å². The first-order valence-corrected chi connectivity index (χ1v) is 24.2. The van der Waals surface area contributed by atoms with Crippen LogP contribution in [-0.2, 0) is 38.0 Å². The Balaban J connectivity index is 1.00. The zero-order valence-electron chi connectivity index (χ0n) is 39.9. The van der Waals surface area contributed by atoms with Crippen LogP contribution in [0, 0.1) is 50.2 Å². The van der Waals surface area contributed by atoms with Gasteiger partial charge >= 0.3 is 5.97 Å². The molecule has 0 amide bonds. The number of hydrogen-bond donors (Lipinski definition) is 11. The van der Waals surface area contributed by atoms with Gasteiger partial charge in [0, 0.05) is 17.8 Å². The summed E-state index contributed by atoms with van der Waals surface area (Å²) in [6, 6.07) is 0. The maximum absolute atomic E-state index is 15.0. The maximum atomic E-state index is 15.0. The molecule has 0 spiro atoms. The molecule has 19 nitrogen and oxygen atoms in total. The summed E-state index contributed by atoms with van der Waals surface area (Å²) in [5.74, 6) is -1.51. The Morgan fingerprint density at radius 3 is 2.01 bits per heavy atom. The van der Waals surface area contributed by atoms with Gasteiger partial charge in [0.2, 0.25) is 6.29 Å². The van der Waals surface area contributed by atoms with Crippen molar-refractivity contribution < 1.29 is 94.2 Å². The van der Waals surface area contributed by atoms with E-state index in [9.17, 15) is 65.8 Å². The molecule has 24 atom stereocenters. The second kappa shape index (κ2) is 17.8. The van der Waals surface area contributed by atoms with Gasteiger partial charge in [-0.1, -0.05) is 60.1 Å². The van der Waals surface area contributed by atoms with E-state index < -0.39 is 151 Å². The quantitative estimate of drug-likeness (QED) is 0.106. The predicted octanol–water partition coefficient (Wildman–Crippen LogP) is -0.682. The van der Waals surface area contributed by atoms with Crippen LogP contribution >= 0.6 is 0 Å². The standard InChI is InChI=1S/C48H76O19/c1-20-29(53)31(55)34(58)40(63-20)66-37-24(18-49)64-39(36(60)33(37)57)62-19-25-30(54)32(56)35(59)41(65-25)67-42(61)48-14-13-46(7)21(22(48)16-43(2,3)28(52)17-48)15-23(50)38-45(6)11-10-27(51)44(4,5)26(45)9-12-47(38,46)8/h15,20,22-27,29-41,49-51,53-60H,9-14,16-19H2,1-8H3/t20-,22+,23-,24-,25-,26-,27+,29-,30-,31+,32+,33-,34-,35-,36-,37-,38-,39-,40+,41+,45+,46-,47-,48+/m0/s1. The molecule has 3 saturated heterocycles. The Bertz CT molecular complexity index is 1890. The number of allylic oxidation sites excluding steroid dienone is 1. The molecule has 19 heteroatoms. The van der Waals surface area contributed by atoms with E-state index >= 15 is 0 Å². The molecule has 8 aliphatic rings. The van der Waals surface area contributed by atoms with Crippen molar-refractivity contribution in [2.75, 3.05) is 13.2 Å². The Kier molecular flexibility index (Phi) is 13.7. The fourth-order valence-corrected chi connectivity index (χ4v) is 14.7. The number of ether oxygens (including phenoxy) is 6. The van der Waals surface area contributed by atoms with E-state index in [-0.39, 0.29) is 47.7 Å². The number of Topliss-reactive ketones (excluding diaryl/α,β-unsaturated/α-hetero) is 1. The number of aliphatic hydroxyl groups excluding tert-OH is 11. The first-order valence-electron chi connectivity index (χ1n) is 24.2. The van der Waals surface area contributed by atoms with E-state index in [4.69, 9.17) is 28.4 Å². The van der Waals surface area contributed by atoms with E-state index in [1.165, 1.54) is 6.92 Å². The molecule has 382 valence electrons. The molecule has 11 N–H and O–H groups in total. The van der Waals surface area contributed by atoms with Gasteiger partial charge in [-0.25, -0.2) is 0 Å². The molecule has 5 aliphatic carbocycles. The Labute approximate surface area is 391 Å². The summed E-state index contributed by atoms with van der Waals surface area (Å²) in [5, 5.41) is 120. The zero-order valence-corrected chi connectivity index (χ0v) is 39.9. The Morgan fingerprint density at radius 2 is 1.34 bits per heavy atom. The summed E-state index contributed by atoms with van der Waals surface area (Å²) in [4.78, 5) is 29.0. The molecule has 0 aromatic rings. The van der Waals surface area contributed by atoms with Crippen molar-refractivity contribution in [3.05, 3.63) is 11.6 Å². The number of aliphatic hydroxyl groups is 11. The van der Waals surface area contributed by atoms with Crippen molar-refractivity contribution in [1.82, 2.24) is 0 Å². The van der Waals surface area contributed by atoms with Gasteiger partial charge in [-0.2, -0.15) is 0 Å². The van der Waals surface area contributed by atoms with E-state index in [0.29, 0.717) is 12.8 Å². The Morgan fingerprint density at radius 1 is 0.716 bits per heavy atom. The third kappa shape index (κ3) is 7.92. The normalized spacial score (nSPS) is 53.8. The smallest absolute Gasteiger partial charge is 0.315 e. The highest BCUT2D eigenvalue weighted by Crippen LogP contribution is 2.75. The first kappa shape index (κ1) is 51.6. The summed E-state index contributed by atoms with van der Waals surface area (Å²) in [6.45, 7) is 14.7. The number of ketones is 1. The maximum Gasteiger partial charge on any atom is 0.315 e. The lowest BCUT2D eigenvalue weighted by atomic mass is 9.33. The monoisotopic (exact) mass is 956 g/mol. The molecule has 0 bridgehead atoms. The molecule has 0 radical (unpaired) electrons. The van der Waals surface area contributed by atoms with E-state index in [1.807, 2.05) is 19.9 Å².